The topological polar surface area (TPSA) is 110 Å². The summed E-state index contributed by atoms with van der Waals surface area (Å²) in [7, 11) is 0. The normalized spacial score (nSPS) is 27.6. The third kappa shape index (κ3) is 5.95. The fourth-order valence-corrected chi connectivity index (χ4v) is 6.16. The first-order valence-corrected chi connectivity index (χ1v) is 14.1. The number of amides is 2. The summed E-state index contributed by atoms with van der Waals surface area (Å²) < 4.78 is 35.1. The molecule has 4 heterocycles. The molecule has 0 saturated carbocycles. The molecule has 224 valence electrons. The number of pyridine rings is 1. The van der Waals surface area contributed by atoms with Crippen molar-refractivity contribution in [3.63, 3.8) is 0 Å². The molecule has 40 heavy (non-hydrogen) atoms. The molecule has 3 atom stereocenters. The smallest absolute Gasteiger partial charge is 0.407 e. The van der Waals surface area contributed by atoms with Gasteiger partial charge in [0.1, 0.15) is 5.69 Å². The Labute approximate surface area is 234 Å². The van der Waals surface area contributed by atoms with Crippen LogP contribution in [0.1, 0.15) is 58.7 Å². The Morgan fingerprint density at radius 1 is 1.25 bits per heavy atom. The lowest BCUT2D eigenvalue weighted by Crippen LogP contribution is -2.66. The standard InChI is InChI=1S/C28H43F2N5O5/c1-6-7-28(29,30)23-10-22-21(11-31-23)26(3,4)16-35(22)24(37)15-32-12-19(2)34(25(38)39)14-20(32)13-33-8-9-40-18-27(33,5)17-36/h10-11,19-20,36H,6-9,12-18H2,1-5H3,(H,38,39)/t19-,20+,27+/m1/s1. The van der Waals surface area contributed by atoms with Gasteiger partial charge in [0.05, 0.1) is 37.6 Å². The van der Waals surface area contributed by atoms with E-state index in [1.54, 1.807) is 11.8 Å². The molecule has 2 saturated heterocycles. The second-order valence-electron chi connectivity index (χ2n) is 12.4. The van der Waals surface area contributed by atoms with Crippen molar-refractivity contribution in [2.24, 2.45) is 0 Å². The molecule has 1 aromatic heterocycles. The molecule has 0 radical (unpaired) electrons. The highest BCUT2D eigenvalue weighted by Gasteiger charge is 2.44. The molecule has 10 nitrogen and oxygen atoms in total. The molecule has 2 amide bonds. The number of carbonyl (C=O) groups is 2. The average Bonchev–Trinajstić information content (AvgIpc) is 3.16. The maximum Gasteiger partial charge on any atom is 0.407 e. The highest BCUT2D eigenvalue weighted by Crippen LogP contribution is 2.43. The minimum atomic E-state index is -3.09. The number of ether oxygens (including phenoxy) is 1. The number of piperazine rings is 1. The minimum absolute atomic E-state index is 0.0151. The summed E-state index contributed by atoms with van der Waals surface area (Å²) >= 11 is 0. The Kier molecular flexibility index (Phi) is 8.75. The van der Waals surface area contributed by atoms with Gasteiger partial charge in [0.25, 0.3) is 5.92 Å². The van der Waals surface area contributed by atoms with Crippen molar-refractivity contribution >= 4 is 17.7 Å². The number of carboxylic acid groups (broad SMARTS) is 1. The molecule has 2 fully saturated rings. The molecule has 1 aromatic rings. The highest BCUT2D eigenvalue weighted by molar-refractivity contribution is 5.97. The van der Waals surface area contributed by atoms with Crippen LogP contribution in [0.25, 0.3) is 0 Å². The number of aliphatic hydroxyl groups excluding tert-OH is 1. The van der Waals surface area contributed by atoms with Crippen LogP contribution in [0, 0.1) is 0 Å². The van der Waals surface area contributed by atoms with Crippen LogP contribution < -0.4 is 4.90 Å². The van der Waals surface area contributed by atoms with Crippen LogP contribution in [0.4, 0.5) is 19.3 Å². The van der Waals surface area contributed by atoms with Gasteiger partial charge in [0, 0.05) is 68.4 Å². The zero-order valence-corrected chi connectivity index (χ0v) is 24.2. The number of hydrogen-bond acceptors (Lipinski definition) is 7. The van der Waals surface area contributed by atoms with Gasteiger partial charge in [0.15, 0.2) is 0 Å². The van der Waals surface area contributed by atoms with Gasteiger partial charge in [-0.3, -0.25) is 19.6 Å². The third-order valence-corrected chi connectivity index (χ3v) is 8.69. The minimum Gasteiger partial charge on any atom is -0.465 e. The maximum absolute atomic E-state index is 14.8. The summed E-state index contributed by atoms with van der Waals surface area (Å²) in [5.41, 5.74) is -0.186. The summed E-state index contributed by atoms with van der Waals surface area (Å²) in [6, 6.07) is 0.721. The molecule has 2 N–H and O–H groups in total. The number of aliphatic hydroxyl groups is 1. The second kappa shape index (κ2) is 11.5. The van der Waals surface area contributed by atoms with E-state index in [0.29, 0.717) is 51.5 Å². The number of halogens is 2. The number of rotatable bonds is 8. The zero-order chi connectivity index (χ0) is 29.5. The number of alkyl halides is 2. The van der Waals surface area contributed by atoms with Gasteiger partial charge in [-0.05, 0) is 19.9 Å². The van der Waals surface area contributed by atoms with E-state index in [1.165, 1.54) is 17.2 Å². The number of fused-ring (bicyclic) bond motifs is 1. The van der Waals surface area contributed by atoms with Crippen molar-refractivity contribution in [3.05, 3.63) is 23.5 Å². The van der Waals surface area contributed by atoms with Crippen molar-refractivity contribution in [2.45, 2.75) is 76.4 Å². The van der Waals surface area contributed by atoms with Crippen LogP contribution in [0.2, 0.25) is 0 Å². The van der Waals surface area contributed by atoms with Gasteiger partial charge in [-0.25, -0.2) is 4.79 Å². The number of nitrogens with zero attached hydrogens (tertiary/aromatic N) is 5. The van der Waals surface area contributed by atoms with Crippen LogP contribution in [-0.2, 0) is 20.9 Å². The van der Waals surface area contributed by atoms with Gasteiger partial charge in [0.2, 0.25) is 5.91 Å². The van der Waals surface area contributed by atoms with Crippen molar-refractivity contribution in [3.8, 4) is 0 Å². The van der Waals surface area contributed by atoms with Crippen LogP contribution in [0.3, 0.4) is 0 Å². The summed E-state index contributed by atoms with van der Waals surface area (Å²) in [6.07, 6.45) is 0.447. The van der Waals surface area contributed by atoms with Gasteiger partial charge in [-0.15, -0.1) is 0 Å². The second-order valence-corrected chi connectivity index (χ2v) is 12.4. The Morgan fingerprint density at radius 3 is 2.62 bits per heavy atom. The van der Waals surface area contributed by atoms with Gasteiger partial charge >= 0.3 is 6.09 Å². The van der Waals surface area contributed by atoms with Gasteiger partial charge in [-0.2, -0.15) is 8.78 Å². The monoisotopic (exact) mass is 567 g/mol. The maximum atomic E-state index is 14.8. The van der Waals surface area contributed by atoms with E-state index < -0.39 is 23.0 Å². The van der Waals surface area contributed by atoms with Crippen molar-refractivity contribution in [2.75, 3.05) is 64.0 Å². The van der Waals surface area contributed by atoms with E-state index in [0.717, 1.165) is 5.56 Å². The molecule has 3 aliphatic rings. The molecule has 0 unspecified atom stereocenters. The average molecular weight is 568 g/mol. The van der Waals surface area contributed by atoms with E-state index in [4.69, 9.17) is 4.74 Å². The van der Waals surface area contributed by atoms with Crippen LogP contribution in [-0.4, -0.2) is 119 Å². The molecule has 0 bridgehead atoms. The lowest BCUT2D eigenvalue weighted by molar-refractivity contribution is -0.123. The third-order valence-electron chi connectivity index (χ3n) is 8.69. The van der Waals surface area contributed by atoms with Crippen LogP contribution in [0.15, 0.2) is 12.3 Å². The van der Waals surface area contributed by atoms with Gasteiger partial charge in [-0.1, -0.05) is 27.2 Å². The first-order valence-electron chi connectivity index (χ1n) is 14.1. The van der Waals surface area contributed by atoms with Crippen molar-refractivity contribution in [1.29, 1.82) is 0 Å². The quantitative estimate of drug-likeness (QED) is 0.494. The van der Waals surface area contributed by atoms with Gasteiger partial charge < -0.3 is 24.7 Å². The Bertz CT molecular complexity index is 1100. The highest BCUT2D eigenvalue weighted by atomic mass is 19.3. The predicted molar refractivity (Wildman–Crippen MR) is 146 cm³/mol. The molecule has 0 aliphatic carbocycles. The molecule has 3 aliphatic heterocycles. The summed E-state index contributed by atoms with van der Waals surface area (Å²) in [5.74, 6) is -3.31. The van der Waals surface area contributed by atoms with Crippen molar-refractivity contribution < 1.29 is 33.3 Å². The Hall–Kier alpha value is -2.41. The summed E-state index contributed by atoms with van der Waals surface area (Å²) in [6.45, 7) is 12.0. The Morgan fingerprint density at radius 2 is 1.98 bits per heavy atom. The number of aromatic nitrogens is 1. The molecular formula is C28H43F2N5O5. The molecule has 0 aromatic carbocycles. The van der Waals surface area contributed by atoms with E-state index >= 15 is 0 Å². The number of anilines is 1. The molecule has 12 heteroatoms. The fourth-order valence-electron chi connectivity index (χ4n) is 6.16. The lowest BCUT2D eigenvalue weighted by Gasteiger charge is -2.49. The molecular weight excluding hydrogens is 524 g/mol. The van der Waals surface area contributed by atoms with Crippen LogP contribution in [0.5, 0.6) is 0 Å². The first kappa shape index (κ1) is 30.5. The lowest BCUT2D eigenvalue weighted by atomic mass is 9.88. The summed E-state index contributed by atoms with van der Waals surface area (Å²) in [5, 5.41) is 19.9. The van der Waals surface area contributed by atoms with E-state index in [2.05, 4.69) is 9.88 Å². The first-order chi connectivity index (χ1) is 18.7. The molecule has 4 rings (SSSR count). The predicted octanol–water partition coefficient (Wildman–Crippen LogP) is 2.73. The number of morpholine rings is 1. The molecule has 0 spiro atoms. The largest absolute Gasteiger partial charge is 0.465 e. The van der Waals surface area contributed by atoms with E-state index in [9.17, 15) is 28.6 Å². The van der Waals surface area contributed by atoms with Crippen molar-refractivity contribution in [1.82, 2.24) is 19.7 Å². The Balaban J connectivity index is 1.60. The van der Waals surface area contributed by atoms with Crippen LogP contribution >= 0.6 is 0 Å². The fraction of sp³-hybridized carbons (Fsp3) is 0.750. The SMILES string of the molecule is CCCC(F)(F)c1cc2c(cn1)C(C)(C)CN2C(=O)CN1C[C@@H](C)N(C(=O)O)C[C@@H]1CN1CCOC[C@]1(C)CO. The van der Waals surface area contributed by atoms with E-state index in [-0.39, 0.29) is 49.8 Å². The zero-order valence-electron chi connectivity index (χ0n) is 24.2. The van der Waals surface area contributed by atoms with E-state index in [1.807, 2.05) is 32.6 Å². The number of carbonyl (C=O) groups excluding carboxylic acids is 1. The summed E-state index contributed by atoms with van der Waals surface area (Å²) in [4.78, 5) is 37.0. The number of hydrogen-bond donors (Lipinski definition) is 2.